The van der Waals surface area contributed by atoms with Crippen LogP contribution in [0.5, 0.6) is 0 Å². The summed E-state index contributed by atoms with van der Waals surface area (Å²) in [5.41, 5.74) is 0.831. The maximum Gasteiger partial charge on any atom is 0.338 e. The number of ether oxygens (including phenoxy) is 2. The Morgan fingerprint density at radius 1 is 1.46 bits per heavy atom. The van der Waals surface area contributed by atoms with Crippen molar-refractivity contribution in [3.63, 3.8) is 0 Å². The van der Waals surface area contributed by atoms with Crippen LogP contribution in [0.1, 0.15) is 29.1 Å². The molecule has 0 spiro atoms. The molecule has 182 valence electrons. The molecule has 1 fully saturated rings. The third-order valence-electron chi connectivity index (χ3n) is 5.57. The lowest BCUT2D eigenvalue weighted by Gasteiger charge is -2.35. The van der Waals surface area contributed by atoms with Crippen molar-refractivity contribution < 1.29 is 28.6 Å². The molecule has 2 atom stereocenters. The first kappa shape index (κ1) is 24.5. The lowest BCUT2D eigenvalue weighted by atomic mass is 9.92. The van der Waals surface area contributed by atoms with E-state index < -0.39 is 29.8 Å². The summed E-state index contributed by atoms with van der Waals surface area (Å²) in [7, 11) is 0. The summed E-state index contributed by atoms with van der Waals surface area (Å²) in [6, 6.07) is 3.76. The van der Waals surface area contributed by atoms with Crippen molar-refractivity contribution in [2.24, 2.45) is 4.99 Å². The predicted octanol–water partition coefficient (Wildman–Crippen LogP) is 1.85. The van der Waals surface area contributed by atoms with E-state index in [1.54, 1.807) is 23.4 Å². The molecule has 0 bridgehead atoms. The number of hydrogen-bond acceptors (Lipinski definition) is 10. The minimum Gasteiger partial charge on any atom is -0.480 e. The van der Waals surface area contributed by atoms with Crippen LogP contribution in [-0.4, -0.2) is 71.7 Å². The second kappa shape index (κ2) is 10.7. The van der Waals surface area contributed by atoms with Crippen LogP contribution < -0.4 is 5.32 Å². The summed E-state index contributed by atoms with van der Waals surface area (Å²) >= 11 is 1.32. The van der Waals surface area contributed by atoms with Crippen LogP contribution in [0.15, 0.2) is 46.0 Å². The monoisotopic (exact) mass is 499 g/mol. The number of carboxylic acid groups (broad SMARTS) is 1. The third-order valence-corrected chi connectivity index (χ3v) is 6.35. The SMILES string of the molecule is CCOC(=O)C1=C(CN2CCOC[C@H]2C(=O)O)NC(c2nccs2)=NC1c1ccc(F)cc1C#N. The van der Waals surface area contributed by atoms with Gasteiger partial charge in [0, 0.05) is 30.4 Å². The number of rotatable bonds is 7. The molecule has 0 radical (unpaired) electrons. The first-order chi connectivity index (χ1) is 16.9. The fourth-order valence-corrected chi connectivity index (χ4v) is 4.55. The van der Waals surface area contributed by atoms with Crippen molar-refractivity contribution >= 4 is 29.1 Å². The predicted molar refractivity (Wildman–Crippen MR) is 123 cm³/mol. The maximum atomic E-state index is 13.9. The normalized spacial score (nSPS) is 20.5. The Bertz CT molecular complexity index is 1220. The Labute approximate surface area is 204 Å². The van der Waals surface area contributed by atoms with Gasteiger partial charge in [0.05, 0.1) is 37.0 Å². The van der Waals surface area contributed by atoms with Crippen LogP contribution in [0, 0.1) is 17.1 Å². The van der Waals surface area contributed by atoms with E-state index in [0.717, 1.165) is 6.07 Å². The van der Waals surface area contributed by atoms with Gasteiger partial charge in [0.2, 0.25) is 0 Å². The average Bonchev–Trinajstić information content (AvgIpc) is 3.39. The van der Waals surface area contributed by atoms with E-state index in [2.05, 4.69) is 15.3 Å². The van der Waals surface area contributed by atoms with Gasteiger partial charge in [-0.3, -0.25) is 14.7 Å². The van der Waals surface area contributed by atoms with Gasteiger partial charge in [-0.2, -0.15) is 5.26 Å². The molecule has 0 saturated carbocycles. The number of thiazole rings is 1. The number of hydrogen-bond donors (Lipinski definition) is 2. The molecule has 3 heterocycles. The number of aliphatic imine (C=N–C) groups is 1. The largest absolute Gasteiger partial charge is 0.480 e. The van der Waals surface area contributed by atoms with E-state index in [1.165, 1.54) is 23.5 Å². The molecule has 0 aliphatic carbocycles. The molecule has 1 saturated heterocycles. The molecule has 12 heteroatoms. The number of morpholine rings is 1. The number of amidine groups is 1. The fourth-order valence-electron chi connectivity index (χ4n) is 3.97. The van der Waals surface area contributed by atoms with Gasteiger partial charge in [-0.25, -0.2) is 14.2 Å². The quantitative estimate of drug-likeness (QED) is 0.547. The molecule has 1 aromatic heterocycles. The Hall–Kier alpha value is -3.66. The zero-order valence-corrected chi connectivity index (χ0v) is 19.5. The lowest BCUT2D eigenvalue weighted by molar-refractivity contribution is -0.149. The number of esters is 1. The summed E-state index contributed by atoms with van der Waals surface area (Å²) in [4.78, 5) is 35.7. The van der Waals surface area contributed by atoms with Gasteiger partial charge in [-0.15, -0.1) is 11.3 Å². The number of carboxylic acids is 1. The zero-order chi connectivity index (χ0) is 24.9. The van der Waals surface area contributed by atoms with Crippen molar-refractivity contribution in [2.75, 3.05) is 32.9 Å². The van der Waals surface area contributed by atoms with Crippen molar-refractivity contribution in [2.45, 2.75) is 19.0 Å². The second-order valence-corrected chi connectivity index (χ2v) is 8.59. The maximum absolute atomic E-state index is 13.9. The summed E-state index contributed by atoms with van der Waals surface area (Å²) in [5.74, 6) is -1.96. The topological polar surface area (TPSA) is 137 Å². The molecular formula is C23H22FN5O5S. The van der Waals surface area contributed by atoms with Crippen molar-refractivity contribution in [1.29, 1.82) is 5.26 Å². The zero-order valence-electron chi connectivity index (χ0n) is 18.7. The molecular weight excluding hydrogens is 477 g/mol. The molecule has 2 aliphatic heterocycles. The van der Waals surface area contributed by atoms with Gasteiger partial charge in [-0.1, -0.05) is 6.07 Å². The van der Waals surface area contributed by atoms with Crippen molar-refractivity contribution in [3.8, 4) is 6.07 Å². The van der Waals surface area contributed by atoms with Gasteiger partial charge in [0.1, 0.15) is 17.9 Å². The number of carbonyl (C=O) groups is 2. The highest BCUT2D eigenvalue weighted by Crippen LogP contribution is 2.35. The molecule has 0 amide bonds. The molecule has 4 rings (SSSR count). The summed E-state index contributed by atoms with van der Waals surface area (Å²) in [6.07, 6.45) is 1.60. The van der Waals surface area contributed by atoms with E-state index >= 15 is 0 Å². The van der Waals surface area contributed by atoms with Gasteiger partial charge >= 0.3 is 11.9 Å². The van der Waals surface area contributed by atoms with Crippen LogP contribution >= 0.6 is 11.3 Å². The minimum absolute atomic E-state index is 0.00471. The van der Waals surface area contributed by atoms with Gasteiger partial charge in [0.15, 0.2) is 10.8 Å². The molecule has 35 heavy (non-hydrogen) atoms. The number of halogens is 1. The number of nitriles is 1. The minimum atomic E-state index is -1.05. The Kier molecular flexibility index (Phi) is 7.50. The summed E-state index contributed by atoms with van der Waals surface area (Å²) < 4.78 is 24.5. The Balaban J connectivity index is 1.86. The van der Waals surface area contributed by atoms with Crippen LogP contribution in [-0.2, 0) is 19.1 Å². The Morgan fingerprint density at radius 3 is 2.97 bits per heavy atom. The van der Waals surface area contributed by atoms with Gasteiger partial charge in [0.25, 0.3) is 0 Å². The van der Waals surface area contributed by atoms with Crippen molar-refractivity contribution in [3.05, 3.63) is 63.0 Å². The highest BCUT2D eigenvalue weighted by molar-refractivity contribution is 7.11. The van der Waals surface area contributed by atoms with E-state index in [4.69, 9.17) is 9.47 Å². The molecule has 1 aromatic carbocycles. The number of aliphatic carboxylic acids is 1. The standard InChI is InChI=1S/C23H22FN5O5S/c1-2-34-23(32)18-16(11-29-6-7-33-12-17(29)22(30)31)27-20(21-26-5-8-35-21)28-19(18)15-4-3-14(24)9-13(15)10-25/h3-5,8-9,17,19H,2,6-7,11-12H2,1H3,(H,27,28)(H,30,31)/t17-,19?/m0/s1. The number of aromatic nitrogens is 1. The first-order valence-electron chi connectivity index (χ1n) is 10.8. The molecule has 2 aromatic rings. The van der Waals surface area contributed by atoms with E-state index in [-0.39, 0.29) is 30.9 Å². The smallest absolute Gasteiger partial charge is 0.338 e. The van der Waals surface area contributed by atoms with Gasteiger partial charge in [-0.05, 0) is 24.6 Å². The first-order valence-corrected chi connectivity index (χ1v) is 11.7. The van der Waals surface area contributed by atoms with E-state index in [9.17, 15) is 24.3 Å². The van der Waals surface area contributed by atoms with Crippen LogP contribution in [0.25, 0.3) is 0 Å². The van der Waals surface area contributed by atoms with Crippen LogP contribution in [0.4, 0.5) is 4.39 Å². The van der Waals surface area contributed by atoms with Crippen LogP contribution in [0.3, 0.4) is 0 Å². The molecule has 2 N–H and O–H groups in total. The third kappa shape index (κ3) is 5.22. The van der Waals surface area contributed by atoms with Crippen LogP contribution in [0.2, 0.25) is 0 Å². The number of carbonyl (C=O) groups excluding carboxylic acids is 1. The molecule has 10 nitrogen and oxygen atoms in total. The highest BCUT2D eigenvalue weighted by atomic mass is 32.1. The second-order valence-electron chi connectivity index (χ2n) is 7.70. The molecule has 2 aliphatic rings. The van der Waals surface area contributed by atoms with E-state index in [1.807, 2.05) is 6.07 Å². The number of nitrogens with zero attached hydrogens (tertiary/aromatic N) is 4. The fraction of sp³-hybridized carbons (Fsp3) is 0.348. The Morgan fingerprint density at radius 2 is 2.29 bits per heavy atom. The van der Waals surface area contributed by atoms with Gasteiger partial charge < -0.3 is 19.9 Å². The molecule has 1 unspecified atom stereocenters. The number of benzene rings is 1. The average molecular weight is 500 g/mol. The van der Waals surface area contributed by atoms with E-state index in [0.29, 0.717) is 35.3 Å². The lowest BCUT2D eigenvalue weighted by Crippen LogP contribution is -2.52. The summed E-state index contributed by atoms with van der Waals surface area (Å²) in [6.45, 7) is 2.47. The summed E-state index contributed by atoms with van der Waals surface area (Å²) in [5, 5.41) is 24.8. The highest BCUT2D eigenvalue weighted by Gasteiger charge is 2.37. The number of nitrogens with one attached hydrogen (secondary N) is 1. The van der Waals surface area contributed by atoms with Crippen molar-refractivity contribution in [1.82, 2.24) is 15.2 Å².